The van der Waals surface area contributed by atoms with Gasteiger partial charge in [-0.3, -0.25) is 9.59 Å². The Morgan fingerprint density at radius 2 is 1.64 bits per heavy atom. The summed E-state index contributed by atoms with van der Waals surface area (Å²) in [5.41, 5.74) is 4.73. The van der Waals surface area contributed by atoms with Crippen LogP contribution in [0.15, 0.2) is 48.5 Å². The van der Waals surface area contributed by atoms with Crippen LogP contribution in [0.5, 0.6) is 0 Å². The molecule has 0 aromatic heterocycles. The standard InChI is InChI=1S/C26H32N2O5/c1-3-18(12-13-24(29)28(2)16-25(30)31)14-15-27-26(32)33-17-23-21-10-6-4-8-19(21)20-9-5-7-11-22(20)23/h4-11,18,23H,3,12-17H2,1-2H3,(H,27,32)(H,30,31). The minimum Gasteiger partial charge on any atom is -0.480 e. The van der Waals surface area contributed by atoms with Crippen molar-refractivity contribution in [1.29, 1.82) is 0 Å². The van der Waals surface area contributed by atoms with E-state index in [4.69, 9.17) is 9.84 Å². The normalized spacial score (nSPS) is 13.0. The van der Waals surface area contributed by atoms with Gasteiger partial charge in [0.05, 0.1) is 0 Å². The molecule has 0 fully saturated rings. The predicted octanol–water partition coefficient (Wildman–Crippen LogP) is 4.26. The van der Waals surface area contributed by atoms with Crippen molar-refractivity contribution in [3.8, 4) is 11.1 Å². The highest BCUT2D eigenvalue weighted by molar-refractivity contribution is 5.81. The number of carbonyl (C=O) groups is 3. The molecule has 3 rings (SSSR count). The highest BCUT2D eigenvalue weighted by atomic mass is 16.5. The molecule has 7 heteroatoms. The highest BCUT2D eigenvalue weighted by Gasteiger charge is 2.29. The topological polar surface area (TPSA) is 95.9 Å². The SMILES string of the molecule is CCC(CCNC(=O)OCC1c2ccccc2-c2ccccc21)CCC(=O)N(C)CC(=O)O. The van der Waals surface area contributed by atoms with Crippen LogP contribution in [0.4, 0.5) is 4.79 Å². The predicted molar refractivity (Wildman–Crippen MR) is 126 cm³/mol. The number of nitrogens with one attached hydrogen (secondary N) is 1. The maximum absolute atomic E-state index is 12.3. The fraction of sp³-hybridized carbons (Fsp3) is 0.423. The Labute approximate surface area is 194 Å². The lowest BCUT2D eigenvalue weighted by atomic mass is 9.96. The van der Waals surface area contributed by atoms with E-state index in [-0.39, 0.29) is 30.9 Å². The largest absolute Gasteiger partial charge is 0.480 e. The molecular formula is C26H32N2O5. The quantitative estimate of drug-likeness (QED) is 0.531. The van der Waals surface area contributed by atoms with Crippen LogP contribution in [0.2, 0.25) is 0 Å². The molecule has 0 heterocycles. The van der Waals surface area contributed by atoms with E-state index in [0.29, 0.717) is 19.4 Å². The third kappa shape index (κ3) is 6.34. The van der Waals surface area contributed by atoms with Crippen molar-refractivity contribution in [2.75, 3.05) is 26.7 Å². The van der Waals surface area contributed by atoms with Gasteiger partial charge < -0.3 is 20.1 Å². The number of aliphatic carboxylic acids is 1. The van der Waals surface area contributed by atoms with Crippen LogP contribution in [0.25, 0.3) is 11.1 Å². The molecule has 0 bridgehead atoms. The van der Waals surface area contributed by atoms with Gasteiger partial charge in [-0.05, 0) is 41.0 Å². The molecule has 0 spiro atoms. The van der Waals surface area contributed by atoms with Crippen LogP contribution >= 0.6 is 0 Å². The molecule has 176 valence electrons. The van der Waals surface area contributed by atoms with Crippen LogP contribution in [0.3, 0.4) is 0 Å². The maximum Gasteiger partial charge on any atom is 0.407 e. The van der Waals surface area contributed by atoms with E-state index < -0.39 is 12.1 Å². The molecule has 0 saturated carbocycles. The van der Waals surface area contributed by atoms with Crippen LogP contribution in [0, 0.1) is 5.92 Å². The number of nitrogens with zero attached hydrogens (tertiary/aromatic N) is 1. The molecule has 2 aromatic rings. The van der Waals surface area contributed by atoms with E-state index >= 15 is 0 Å². The number of hydrogen-bond donors (Lipinski definition) is 2. The van der Waals surface area contributed by atoms with Gasteiger partial charge in [-0.1, -0.05) is 61.9 Å². The first-order valence-corrected chi connectivity index (χ1v) is 11.4. The summed E-state index contributed by atoms with van der Waals surface area (Å²) in [5, 5.41) is 11.6. The van der Waals surface area contributed by atoms with E-state index in [0.717, 1.165) is 12.8 Å². The van der Waals surface area contributed by atoms with Gasteiger partial charge >= 0.3 is 12.1 Å². The van der Waals surface area contributed by atoms with E-state index in [1.165, 1.54) is 34.2 Å². The van der Waals surface area contributed by atoms with Crippen molar-refractivity contribution in [2.24, 2.45) is 5.92 Å². The summed E-state index contributed by atoms with van der Waals surface area (Å²) in [6.07, 6.45) is 2.13. The number of carbonyl (C=O) groups excluding carboxylic acids is 2. The number of benzene rings is 2. The second kappa shape index (κ2) is 11.5. The number of alkyl carbamates (subject to hydrolysis) is 1. The minimum absolute atomic E-state index is 0.0281. The van der Waals surface area contributed by atoms with Crippen LogP contribution < -0.4 is 5.32 Å². The van der Waals surface area contributed by atoms with Crippen molar-refractivity contribution >= 4 is 18.0 Å². The first-order chi connectivity index (χ1) is 15.9. The summed E-state index contributed by atoms with van der Waals surface area (Å²) in [7, 11) is 1.50. The Morgan fingerprint density at radius 3 is 2.21 bits per heavy atom. The fourth-order valence-electron chi connectivity index (χ4n) is 4.39. The van der Waals surface area contributed by atoms with Crippen molar-refractivity contribution in [3.63, 3.8) is 0 Å². The number of amides is 2. The zero-order valence-electron chi connectivity index (χ0n) is 19.3. The van der Waals surface area contributed by atoms with Crippen LogP contribution in [0.1, 0.15) is 49.7 Å². The van der Waals surface area contributed by atoms with Gasteiger partial charge in [0.1, 0.15) is 13.2 Å². The van der Waals surface area contributed by atoms with Gasteiger partial charge in [-0.25, -0.2) is 4.79 Å². The van der Waals surface area contributed by atoms with Crippen molar-refractivity contribution < 1.29 is 24.2 Å². The average molecular weight is 453 g/mol. The molecule has 2 aromatic carbocycles. The number of carboxylic acid groups (broad SMARTS) is 1. The summed E-state index contributed by atoms with van der Waals surface area (Å²) in [6.45, 7) is 2.50. The fourth-order valence-corrected chi connectivity index (χ4v) is 4.39. The number of ether oxygens (including phenoxy) is 1. The molecule has 1 aliphatic carbocycles. The van der Waals surface area contributed by atoms with Gasteiger partial charge in [-0.15, -0.1) is 0 Å². The minimum atomic E-state index is -1.02. The van der Waals surface area contributed by atoms with Gasteiger partial charge in [-0.2, -0.15) is 0 Å². The highest BCUT2D eigenvalue weighted by Crippen LogP contribution is 2.44. The number of carboxylic acids is 1. The molecule has 2 amide bonds. The van der Waals surface area contributed by atoms with Gasteiger partial charge in [0, 0.05) is 25.9 Å². The number of likely N-dealkylation sites (N-methyl/N-ethyl adjacent to an activating group) is 1. The summed E-state index contributed by atoms with van der Waals surface area (Å²) in [4.78, 5) is 36.3. The van der Waals surface area contributed by atoms with Crippen molar-refractivity contribution in [2.45, 2.75) is 38.5 Å². The second-order valence-electron chi connectivity index (χ2n) is 8.50. The van der Waals surface area contributed by atoms with Gasteiger partial charge in [0.25, 0.3) is 0 Å². The third-order valence-corrected chi connectivity index (χ3v) is 6.31. The summed E-state index contributed by atoms with van der Waals surface area (Å²) in [6, 6.07) is 16.4. The lowest BCUT2D eigenvalue weighted by molar-refractivity contribution is -0.143. The molecule has 1 atom stereocenters. The molecule has 7 nitrogen and oxygen atoms in total. The van der Waals surface area contributed by atoms with Crippen molar-refractivity contribution in [3.05, 3.63) is 59.7 Å². The Kier molecular flexibility index (Phi) is 8.46. The maximum atomic E-state index is 12.3. The van der Waals surface area contributed by atoms with Crippen molar-refractivity contribution in [1.82, 2.24) is 10.2 Å². The monoisotopic (exact) mass is 452 g/mol. The summed E-state index contributed by atoms with van der Waals surface area (Å²) in [5.74, 6) is -0.910. The molecule has 1 aliphatic rings. The van der Waals surface area contributed by atoms with Crippen LogP contribution in [-0.4, -0.2) is 54.7 Å². The van der Waals surface area contributed by atoms with Crippen LogP contribution in [-0.2, 0) is 14.3 Å². The van der Waals surface area contributed by atoms with Gasteiger partial charge in [0.2, 0.25) is 5.91 Å². The first-order valence-electron chi connectivity index (χ1n) is 11.4. The second-order valence-corrected chi connectivity index (χ2v) is 8.50. The molecule has 1 unspecified atom stereocenters. The molecular weight excluding hydrogens is 420 g/mol. The Balaban J connectivity index is 1.42. The van der Waals surface area contributed by atoms with E-state index in [1.807, 2.05) is 31.2 Å². The molecule has 0 radical (unpaired) electrons. The number of hydrogen-bond acceptors (Lipinski definition) is 4. The Bertz CT molecular complexity index is 945. The lowest BCUT2D eigenvalue weighted by Crippen LogP contribution is -2.32. The average Bonchev–Trinajstić information content (AvgIpc) is 3.13. The van der Waals surface area contributed by atoms with E-state index in [9.17, 15) is 14.4 Å². The smallest absolute Gasteiger partial charge is 0.407 e. The zero-order chi connectivity index (χ0) is 23.8. The third-order valence-electron chi connectivity index (χ3n) is 6.31. The molecule has 33 heavy (non-hydrogen) atoms. The zero-order valence-corrected chi connectivity index (χ0v) is 19.3. The molecule has 0 aliphatic heterocycles. The number of rotatable bonds is 11. The van der Waals surface area contributed by atoms with E-state index in [1.54, 1.807) is 0 Å². The van der Waals surface area contributed by atoms with E-state index in [2.05, 4.69) is 29.6 Å². The summed E-state index contributed by atoms with van der Waals surface area (Å²) < 4.78 is 5.56. The lowest BCUT2D eigenvalue weighted by Gasteiger charge is -2.18. The molecule has 2 N–H and O–H groups in total. The summed E-state index contributed by atoms with van der Waals surface area (Å²) >= 11 is 0. The van der Waals surface area contributed by atoms with Gasteiger partial charge in [0.15, 0.2) is 0 Å². The first kappa shape index (κ1) is 24.3. The Hall–Kier alpha value is -3.35. The Morgan fingerprint density at radius 1 is 1.03 bits per heavy atom. The molecule has 0 saturated heterocycles. The number of fused-ring (bicyclic) bond motifs is 3.